The first-order valence-electron chi connectivity index (χ1n) is 6.54. The molecule has 1 amide bonds. The van der Waals surface area contributed by atoms with Gasteiger partial charge in [-0.25, -0.2) is 4.79 Å². The predicted octanol–water partition coefficient (Wildman–Crippen LogP) is 2.94. The van der Waals surface area contributed by atoms with Gasteiger partial charge >= 0.3 is 5.97 Å². The lowest BCUT2D eigenvalue weighted by molar-refractivity contribution is -0.385. The number of hydrogen-bond donors (Lipinski definition) is 2. The molecular weight excluding hydrogens is 300 g/mol. The molecule has 0 bridgehead atoms. The number of carboxylic acid groups (broad SMARTS) is 1. The van der Waals surface area contributed by atoms with E-state index >= 15 is 0 Å². The molecule has 2 rings (SSSR count). The Morgan fingerprint density at radius 2 is 1.74 bits per heavy atom. The van der Waals surface area contributed by atoms with Crippen molar-refractivity contribution in [2.75, 3.05) is 5.32 Å². The van der Waals surface area contributed by atoms with Gasteiger partial charge < -0.3 is 10.4 Å². The first-order chi connectivity index (χ1) is 11.0. The van der Waals surface area contributed by atoms with Crippen LogP contribution in [0.5, 0.6) is 0 Å². The number of hydrogen-bond acceptors (Lipinski definition) is 4. The Morgan fingerprint density at radius 3 is 2.43 bits per heavy atom. The molecule has 0 spiro atoms. The van der Waals surface area contributed by atoms with Crippen LogP contribution in [0.15, 0.2) is 54.6 Å². The average molecular weight is 312 g/mol. The zero-order chi connectivity index (χ0) is 16.8. The highest BCUT2D eigenvalue weighted by atomic mass is 16.6. The minimum Gasteiger partial charge on any atom is -0.478 e. The summed E-state index contributed by atoms with van der Waals surface area (Å²) >= 11 is 0. The standard InChI is InChI=1S/C16H12N2O5/c19-15(17-13-7-3-2-6-12(13)16(20)21)10-9-11-5-1-4-8-14(11)18(22)23/h1-10H,(H,17,19)(H,20,21)/b10-9+. The Bertz CT molecular complexity index is 799. The van der Waals surface area contributed by atoms with E-state index in [0.29, 0.717) is 0 Å². The molecule has 0 aliphatic heterocycles. The van der Waals surface area contributed by atoms with Crippen molar-refractivity contribution in [3.63, 3.8) is 0 Å². The summed E-state index contributed by atoms with van der Waals surface area (Å²) in [4.78, 5) is 33.3. The van der Waals surface area contributed by atoms with Gasteiger partial charge in [0, 0.05) is 12.1 Å². The van der Waals surface area contributed by atoms with Gasteiger partial charge in [0.25, 0.3) is 5.69 Å². The van der Waals surface area contributed by atoms with E-state index in [9.17, 15) is 19.7 Å². The maximum atomic E-state index is 11.9. The quantitative estimate of drug-likeness (QED) is 0.501. The Kier molecular flexibility index (Phi) is 4.83. The number of anilines is 1. The van der Waals surface area contributed by atoms with E-state index in [4.69, 9.17) is 5.11 Å². The molecule has 2 N–H and O–H groups in total. The van der Waals surface area contributed by atoms with Gasteiger partial charge in [0.15, 0.2) is 0 Å². The van der Waals surface area contributed by atoms with Crippen molar-refractivity contribution in [3.05, 3.63) is 75.8 Å². The molecule has 0 aliphatic rings. The van der Waals surface area contributed by atoms with Crippen LogP contribution < -0.4 is 5.32 Å². The number of nitro groups is 1. The fraction of sp³-hybridized carbons (Fsp3) is 0. The highest BCUT2D eigenvalue weighted by molar-refractivity contribution is 6.06. The molecule has 23 heavy (non-hydrogen) atoms. The second kappa shape index (κ2) is 6.99. The van der Waals surface area contributed by atoms with Crippen molar-refractivity contribution >= 4 is 29.3 Å². The molecule has 116 valence electrons. The number of nitrogens with one attached hydrogen (secondary N) is 1. The van der Waals surface area contributed by atoms with Gasteiger partial charge in [-0.3, -0.25) is 14.9 Å². The SMILES string of the molecule is O=C(/C=C/c1ccccc1[N+](=O)[O-])Nc1ccccc1C(=O)O. The fourth-order valence-electron chi connectivity index (χ4n) is 1.91. The Labute approximate surface area is 131 Å². The van der Waals surface area contributed by atoms with Crippen molar-refractivity contribution in [2.45, 2.75) is 0 Å². The summed E-state index contributed by atoms with van der Waals surface area (Å²) in [6.45, 7) is 0. The van der Waals surface area contributed by atoms with Crippen molar-refractivity contribution in [1.82, 2.24) is 0 Å². The van der Waals surface area contributed by atoms with Crippen molar-refractivity contribution in [3.8, 4) is 0 Å². The number of nitrogens with zero attached hydrogens (tertiary/aromatic N) is 1. The topological polar surface area (TPSA) is 110 Å². The molecule has 0 saturated carbocycles. The number of para-hydroxylation sites is 2. The van der Waals surface area contributed by atoms with Crippen LogP contribution in [0, 0.1) is 10.1 Å². The molecule has 0 atom stereocenters. The van der Waals surface area contributed by atoms with Gasteiger partial charge in [-0.1, -0.05) is 24.3 Å². The van der Waals surface area contributed by atoms with E-state index in [0.717, 1.165) is 6.08 Å². The third-order valence-electron chi connectivity index (χ3n) is 2.96. The lowest BCUT2D eigenvalue weighted by Gasteiger charge is -2.05. The molecule has 2 aromatic carbocycles. The monoisotopic (exact) mass is 312 g/mol. The maximum absolute atomic E-state index is 11.9. The van der Waals surface area contributed by atoms with Crippen molar-refractivity contribution in [2.24, 2.45) is 0 Å². The van der Waals surface area contributed by atoms with Crippen LogP contribution in [0.2, 0.25) is 0 Å². The van der Waals surface area contributed by atoms with E-state index in [1.807, 2.05) is 0 Å². The van der Waals surface area contributed by atoms with Crippen LogP contribution in [0.1, 0.15) is 15.9 Å². The van der Waals surface area contributed by atoms with Crippen LogP contribution in [-0.4, -0.2) is 21.9 Å². The van der Waals surface area contributed by atoms with E-state index in [-0.39, 0.29) is 22.5 Å². The smallest absolute Gasteiger partial charge is 0.337 e. The van der Waals surface area contributed by atoms with E-state index < -0.39 is 16.8 Å². The lowest BCUT2D eigenvalue weighted by atomic mass is 10.1. The Hall–Kier alpha value is -3.48. The molecule has 0 saturated heterocycles. The van der Waals surface area contributed by atoms with Crippen LogP contribution in [0.3, 0.4) is 0 Å². The lowest BCUT2D eigenvalue weighted by Crippen LogP contribution is -2.11. The number of carboxylic acids is 1. The maximum Gasteiger partial charge on any atom is 0.337 e. The molecule has 2 aromatic rings. The normalized spacial score (nSPS) is 10.4. The number of amides is 1. The van der Waals surface area contributed by atoms with Gasteiger partial charge in [-0.05, 0) is 24.3 Å². The summed E-state index contributed by atoms with van der Waals surface area (Å²) in [7, 11) is 0. The molecule has 0 unspecified atom stereocenters. The van der Waals surface area contributed by atoms with E-state index in [1.54, 1.807) is 18.2 Å². The van der Waals surface area contributed by atoms with E-state index in [1.165, 1.54) is 36.4 Å². The number of rotatable bonds is 5. The minimum absolute atomic E-state index is 0.0417. The van der Waals surface area contributed by atoms with E-state index in [2.05, 4.69) is 5.32 Å². The van der Waals surface area contributed by atoms with Gasteiger partial charge in [0.05, 0.1) is 21.7 Å². The average Bonchev–Trinajstić information content (AvgIpc) is 2.53. The van der Waals surface area contributed by atoms with Crippen LogP contribution in [0.25, 0.3) is 6.08 Å². The summed E-state index contributed by atoms with van der Waals surface area (Å²) in [5.41, 5.74) is 0.263. The first kappa shape index (κ1) is 15.9. The first-order valence-corrected chi connectivity index (χ1v) is 6.54. The molecule has 0 fully saturated rings. The van der Waals surface area contributed by atoms with Gasteiger partial charge in [0.2, 0.25) is 5.91 Å². The molecule has 7 heteroatoms. The zero-order valence-corrected chi connectivity index (χ0v) is 11.8. The van der Waals surface area contributed by atoms with Crippen LogP contribution >= 0.6 is 0 Å². The van der Waals surface area contributed by atoms with Gasteiger partial charge in [0.1, 0.15) is 0 Å². The van der Waals surface area contributed by atoms with Crippen molar-refractivity contribution in [1.29, 1.82) is 0 Å². The van der Waals surface area contributed by atoms with Gasteiger partial charge in [-0.15, -0.1) is 0 Å². The number of benzene rings is 2. The largest absolute Gasteiger partial charge is 0.478 e. The second-order valence-electron chi connectivity index (χ2n) is 4.49. The van der Waals surface area contributed by atoms with Crippen LogP contribution in [-0.2, 0) is 4.79 Å². The third kappa shape index (κ3) is 4.01. The summed E-state index contributed by atoms with van der Waals surface area (Å²) in [6.07, 6.45) is 2.41. The minimum atomic E-state index is -1.16. The summed E-state index contributed by atoms with van der Waals surface area (Å²) < 4.78 is 0. The fourth-order valence-corrected chi connectivity index (χ4v) is 1.91. The van der Waals surface area contributed by atoms with Crippen molar-refractivity contribution < 1.29 is 19.6 Å². The number of nitro benzene ring substituents is 1. The predicted molar refractivity (Wildman–Crippen MR) is 84.2 cm³/mol. The molecule has 0 aliphatic carbocycles. The summed E-state index contributed by atoms with van der Waals surface area (Å²) in [6, 6.07) is 11.9. The summed E-state index contributed by atoms with van der Waals surface area (Å²) in [5.74, 6) is -1.75. The Balaban J connectivity index is 2.18. The highest BCUT2D eigenvalue weighted by Gasteiger charge is 2.12. The summed E-state index contributed by atoms with van der Waals surface area (Å²) in [5, 5.41) is 22.4. The second-order valence-corrected chi connectivity index (χ2v) is 4.49. The molecule has 0 heterocycles. The molecule has 7 nitrogen and oxygen atoms in total. The number of carbonyl (C=O) groups excluding carboxylic acids is 1. The van der Waals surface area contributed by atoms with Gasteiger partial charge in [-0.2, -0.15) is 0 Å². The Morgan fingerprint density at radius 1 is 1.09 bits per heavy atom. The third-order valence-corrected chi connectivity index (χ3v) is 2.96. The molecule has 0 radical (unpaired) electrons. The number of aromatic carboxylic acids is 1. The zero-order valence-electron chi connectivity index (χ0n) is 11.8. The highest BCUT2D eigenvalue weighted by Crippen LogP contribution is 2.19. The molecule has 0 aromatic heterocycles. The van der Waals surface area contributed by atoms with Crippen LogP contribution in [0.4, 0.5) is 11.4 Å². The molecular formula is C16H12N2O5. The number of carbonyl (C=O) groups is 2.